The zero-order valence-electron chi connectivity index (χ0n) is 23.6. The first-order chi connectivity index (χ1) is 18.8. The van der Waals surface area contributed by atoms with Gasteiger partial charge in [-0.05, 0) is 67.1 Å². The Balaban J connectivity index is 1.41. The minimum absolute atomic E-state index is 0.457. The van der Waals surface area contributed by atoms with Gasteiger partial charge in [-0.3, -0.25) is 4.98 Å². The van der Waals surface area contributed by atoms with Crippen molar-refractivity contribution < 1.29 is 18.9 Å². The van der Waals surface area contributed by atoms with Gasteiger partial charge >= 0.3 is 0 Å². The lowest BCUT2D eigenvalue weighted by atomic mass is 10.1. The molecule has 4 rings (SSSR count). The second kappa shape index (κ2) is 13.6. The van der Waals surface area contributed by atoms with E-state index in [0.717, 1.165) is 58.1 Å². The van der Waals surface area contributed by atoms with Crippen LogP contribution in [0, 0.1) is 0 Å². The maximum atomic E-state index is 6.02. The highest BCUT2D eigenvalue weighted by molar-refractivity contribution is 6.76. The predicted octanol–water partition coefficient (Wildman–Crippen LogP) is 7.05. The van der Waals surface area contributed by atoms with Crippen LogP contribution in [0.15, 0.2) is 73.1 Å². The monoisotopic (exact) mass is 545 g/mol. The molecule has 2 aromatic carbocycles. The quantitative estimate of drug-likeness (QED) is 0.125. The topological polar surface area (TPSA) is 67.6 Å². The van der Waals surface area contributed by atoms with Gasteiger partial charge in [-0.25, -0.2) is 4.98 Å². The van der Waals surface area contributed by atoms with Crippen LogP contribution in [0.2, 0.25) is 25.7 Å². The van der Waals surface area contributed by atoms with Gasteiger partial charge in [0, 0.05) is 44.8 Å². The third kappa shape index (κ3) is 8.51. The number of hydrogen-bond acceptors (Lipinski definition) is 6. The summed E-state index contributed by atoms with van der Waals surface area (Å²) in [6.07, 6.45) is 3.88. The van der Waals surface area contributed by atoms with E-state index in [9.17, 15) is 0 Å². The largest absolute Gasteiger partial charge is 0.497 e. The molecule has 0 atom stereocenters. The second-order valence-corrected chi connectivity index (χ2v) is 16.2. The number of aromatic nitrogens is 3. The first kappa shape index (κ1) is 28.5. The molecule has 0 saturated heterocycles. The minimum Gasteiger partial charge on any atom is -0.497 e. The summed E-state index contributed by atoms with van der Waals surface area (Å²) in [5, 5.41) is 0. The summed E-state index contributed by atoms with van der Waals surface area (Å²) in [7, 11) is 0.520. The van der Waals surface area contributed by atoms with E-state index in [0.29, 0.717) is 26.6 Å². The van der Waals surface area contributed by atoms with Gasteiger partial charge < -0.3 is 23.5 Å². The molecule has 7 nitrogen and oxygen atoms in total. The van der Waals surface area contributed by atoms with Crippen LogP contribution in [-0.4, -0.2) is 42.9 Å². The number of imidazole rings is 1. The highest BCUT2D eigenvalue weighted by atomic mass is 28.3. The molecule has 39 heavy (non-hydrogen) atoms. The van der Waals surface area contributed by atoms with Crippen molar-refractivity contribution >= 4 is 8.07 Å². The molecule has 0 amide bonds. The highest BCUT2D eigenvalue weighted by Crippen LogP contribution is 2.25. The van der Waals surface area contributed by atoms with Gasteiger partial charge in [0.15, 0.2) is 0 Å². The van der Waals surface area contributed by atoms with Crippen molar-refractivity contribution in [2.45, 2.75) is 52.6 Å². The van der Waals surface area contributed by atoms with Gasteiger partial charge in [-0.1, -0.05) is 31.8 Å². The maximum absolute atomic E-state index is 6.02. The molecule has 0 aliphatic carbocycles. The number of benzene rings is 2. The molecule has 0 saturated carbocycles. The standard InChI is InChI=1S/C31H39N3O4Si/c1-6-36-22-27-20-34(23-37-17-18-39(3,4)5)31(33-27)26-11-16-30(32-19-26)25-9-14-29(15-10-25)38-21-24-7-12-28(35-2)13-8-24/h7-16,19-20H,6,17-18,21-23H2,1-5H3. The maximum Gasteiger partial charge on any atom is 0.143 e. The Bertz CT molecular complexity index is 1300. The minimum atomic E-state index is -1.14. The van der Waals surface area contributed by atoms with E-state index < -0.39 is 8.07 Å². The first-order valence-corrected chi connectivity index (χ1v) is 17.1. The van der Waals surface area contributed by atoms with Crippen LogP contribution < -0.4 is 9.47 Å². The molecule has 0 radical (unpaired) electrons. The third-order valence-corrected chi connectivity index (χ3v) is 7.95. The van der Waals surface area contributed by atoms with Gasteiger partial charge in [-0.15, -0.1) is 0 Å². The number of pyridine rings is 1. The number of rotatable bonds is 14. The average Bonchev–Trinajstić information content (AvgIpc) is 3.36. The molecule has 0 N–H and O–H groups in total. The van der Waals surface area contributed by atoms with E-state index in [1.807, 2.05) is 78.5 Å². The van der Waals surface area contributed by atoms with Crippen LogP contribution in [0.1, 0.15) is 18.2 Å². The van der Waals surface area contributed by atoms with Gasteiger partial charge in [-0.2, -0.15) is 0 Å². The Kier molecular flexibility index (Phi) is 9.92. The molecule has 8 heteroatoms. The van der Waals surface area contributed by atoms with Gasteiger partial charge in [0.2, 0.25) is 0 Å². The zero-order valence-corrected chi connectivity index (χ0v) is 24.6. The number of methoxy groups -OCH3 is 1. The van der Waals surface area contributed by atoms with Crippen LogP contribution in [-0.2, 0) is 29.4 Å². The molecule has 0 bridgehead atoms. The fourth-order valence-electron chi connectivity index (χ4n) is 3.92. The molecule has 0 fully saturated rings. The highest BCUT2D eigenvalue weighted by Gasteiger charge is 2.14. The van der Waals surface area contributed by atoms with Crippen molar-refractivity contribution in [2.24, 2.45) is 0 Å². The summed E-state index contributed by atoms with van der Waals surface area (Å²) in [6, 6.07) is 21.1. The van der Waals surface area contributed by atoms with Crippen molar-refractivity contribution in [3.8, 4) is 34.1 Å². The molecular formula is C31H39N3O4Si. The van der Waals surface area contributed by atoms with Crippen LogP contribution in [0.3, 0.4) is 0 Å². The van der Waals surface area contributed by atoms with E-state index in [4.69, 9.17) is 28.9 Å². The Morgan fingerprint density at radius 2 is 1.54 bits per heavy atom. The Morgan fingerprint density at radius 3 is 2.18 bits per heavy atom. The molecule has 206 valence electrons. The van der Waals surface area contributed by atoms with Crippen molar-refractivity contribution in [1.29, 1.82) is 0 Å². The summed E-state index contributed by atoms with van der Waals surface area (Å²) in [4.78, 5) is 9.55. The fraction of sp³-hybridized carbons (Fsp3) is 0.355. The fourth-order valence-corrected chi connectivity index (χ4v) is 4.68. The van der Waals surface area contributed by atoms with Crippen LogP contribution in [0.5, 0.6) is 11.5 Å². The Morgan fingerprint density at radius 1 is 0.821 bits per heavy atom. The van der Waals surface area contributed by atoms with Crippen molar-refractivity contribution in [3.63, 3.8) is 0 Å². The van der Waals surface area contributed by atoms with Gasteiger partial charge in [0.25, 0.3) is 0 Å². The van der Waals surface area contributed by atoms with E-state index in [1.165, 1.54) is 0 Å². The lowest BCUT2D eigenvalue weighted by Gasteiger charge is -2.16. The molecule has 4 aromatic rings. The van der Waals surface area contributed by atoms with E-state index >= 15 is 0 Å². The van der Waals surface area contributed by atoms with Crippen molar-refractivity contribution in [1.82, 2.24) is 14.5 Å². The second-order valence-electron chi connectivity index (χ2n) is 10.6. The molecular weight excluding hydrogens is 506 g/mol. The van der Waals surface area contributed by atoms with Crippen LogP contribution in [0.25, 0.3) is 22.6 Å². The summed E-state index contributed by atoms with van der Waals surface area (Å²) in [6.45, 7) is 11.9. The molecule has 0 spiro atoms. The van der Waals surface area contributed by atoms with Crippen LogP contribution in [0.4, 0.5) is 0 Å². The summed E-state index contributed by atoms with van der Waals surface area (Å²) < 4.78 is 24.8. The lowest BCUT2D eigenvalue weighted by molar-refractivity contribution is 0.0878. The predicted molar refractivity (Wildman–Crippen MR) is 158 cm³/mol. The van der Waals surface area contributed by atoms with E-state index in [2.05, 4.69) is 25.7 Å². The molecule has 0 unspecified atom stereocenters. The van der Waals surface area contributed by atoms with Gasteiger partial charge in [0.1, 0.15) is 30.7 Å². The summed E-state index contributed by atoms with van der Waals surface area (Å²) in [5.41, 5.74) is 4.82. The first-order valence-electron chi connectivity index (χ1n) is 13.4. The van der Waals surface area contributed by atoms with Crippen molar-refractivity contribution in [3.05, 3.63) is 84.3 Å². The Labute approximate surface area is 232 Å². The smallest absolute Gasteiger partial charge is 0.143 e. The average molecular weight is 546 g/mol. The molecule has 0 aliphatic rings. The summed E-state index contributed by atoms with van der Waals surface area (Å²) in [5.74, 6) is 2.48. The van der Waals surface area contributed by atoms with Gasteiger partial charge in [0.05, 0.1) is 25.1 Å². The normalized spacial score (nSPS) is 11.5. The number of ether oxygens (including phenoxy) is 4. The SMILES string of the molecule is CCOCc1cn(COCC[Si](C)(C)C)c(-c2ccc(-c3ccc(OCc4ccc(OC)cc4)cc3)nc2)n1. The number of nitrogens with zero attached hydrogens (tertiary/aromatic N) is 3. The van der Waals surface area contributed by atoms with E-state index in [-0.39, 0.29) is 0 Å². The van der Waals surface area contributed by atoms with E-state index in [1.54, 1.807) is 7.11 Å². The van der Waals surface area contributed by atoms with Crippen LogP contribution >= 0.6 is 0 Å². The molecule has 2 heterocycles. The zero-order chi connectivity index (χ0) is 27.7. The molecule has 0 aliphatic heterocycles. The summed E-state index contributed by atoms with van der Waals surface area (Å²) >= 11 is 0. The Hall–Kier alpha value is -3.46. The lowest BCUT2D eigenvalue weighted by Crippen LogP contribution is -2.22. The van der Waals surface area contributed by atoms with Crippen molar-refractivity contribution in [2.75, 3.05) is 20.3 Å². The number of hydrogen-bond donors (Lipinski definition) is 0. The molecule has 2 aromatic heterocycles. The third-order valence-electron chi connectivity index (χ3n) is 6.24.